The molecule has 0 fully saturated rings. The Kier molecular flexibility index (Phi) is 6.58. The lowest BCUT2D eigenvalue weighted by atomic mass is 10.1. The molecule has 1 atom stereocenters. The van der Waals surface area contributed by atoms with Gasteiger partial charge in [-0.25, -0.2) is 0 Å². The van der Waals surface area contributed by atoms with Gasteiger partial charge in [0, 0.05) is 27.3 Å². The van der Waals surface area contributed by atoms with Crippen molar-refractivity contribution in [2.45, 2.75) is 32.4 Å². The normalized spacial score (nSPS) is 13.3. The Morgan fingerprint density at radius 3 is 2.88 bits per heavy atom. The van der Waals surface area contributed by atoms with Gasteiger partial charge in [0.25, 0.3) is 0 Å². The zero-order valence-corrected chi connectivity index (χ0v) is 12.7. The van der Waals surface area contributed by atoms with Crippen molar-refractivity contribution in [1.29, 1.82) is 0 Å². The van der Waals surface area contributed by atoms with Gasteiger partial charge < -0.3 is 5.32 Å². The number of hydrogen-bond acceptors (Lipinski definition) is 3. The summed E-state index contributed by atoms with van der Waals surface area (Å²) < 4.78 is 1.20. The molecule has 0 saturated heterocycles. The van der Waals surface area contributed by atoms with Crippen LogP contribution in [-0.2, 0) is 6.54 Å². The molecule has 1 aromatic rings. The molecule has 0 aliphatic carbocycles. The first kappa shape index (κ1) is 14.2. The maximum absolute atomic E-state index is 3.49. The molecule has 0 bridgehead atoms. The quantitative estimate of drug-likeness (QED) is 0.777. The van der Waals surface area contributed by atoms with Gasteiger partial charge in [0.2, 0.25) is 0 Å². The minimum atomic E-state index is 0.647. The third kappa shape index (κ3) is 4.95. The average molecular weight is 305 g/mol. The molecule has 0 radical (unpaired) electrons. The van der Waals surface area contributed by atoms with E-state index >= 15 is 0 Å². The topological polar surface area (TPSA) is 15.3 Å². The fourth-order valence-corrected chi connectivity index (χ4v) is 3.15. The van der Waals surface area contributed by atoms with Crippen LogP contribution >= 0.6 is 27.3 Å². The van der Waals surface area contributed by atoms with Gasteiger partial charge in [0.1, 0.15) is 0 Å². The van der Waals surface area contributed by atoms with E-state index < -0.39 is 0 Å². The van der Waals surface area contributed by atoms with Gasteiger partial charge in [-0.3, -0.25) is 4.90 Å². The zero-order valence-electron chi connectivity index (χ0n) is 10.3. The van der Waals surface area contributed by atoms with Crippen LogP contribution < -0.4 is 5.32 Å². The number of halogens is 1. The lowest BCUT2D eigenvalue weighted by Crippen LogP contribution is -2.28. The van der Waals surface area contributed by atoms with Gasteiger partial charge in [-0.2, -0.15) is 0 Å². The monoisotopic (exact) mass is 304 g/mol. The first-order valence-corrected chi connectivity index (χ1v) is 7.38. The molecule has 1 heterocycles. The molecule has 0 aliphatic rings. The van der Waals surface area contributed by atoms with Crippen molar-refractivity contribution in [2.24, 2.45) is 0 Å². The first-order chi connectivity index (χ1) is 7.63. The molecule has 0 aromatic carbocycles. The molecule has 0 saturated carbocycles. The predicted octanol–water partition coefficient (Wildman–Crippen LogP) is 3.33. The van der Waals surface area contributed by atoms with Crippen molar-refractivity contribution >= 4 is 27.3 Å². The van der Waals surface area contributed by atoms with Crippen molar-refractivity contribution in [2.75, 3.05) is 20.6 Å². The largest absolute Gasteiger partial charge is 0.320 e. The maximum Gasteiger partial charge on any atom is 0.0328 e. The number of thiophene rings is 1. The highest BCUT2D eigenvalue weighted by atomic mass is 79.9. The van der Waals surface area contributed by atoms with E-state index in [4.69, 9.17) is 0 Å². The minimum Gasteiger partial charge on any atom is -0.320 e. The van der Waals surface area contributed by atoms with Crippen LogP contribution in [0.3, 0.4) is 0 Å². The van der Waals surface area contributed by atoms with Crippen LogP contribution in [0.25, 0.3) is 0 Å². The fraction of sp³-hybridized carbons (Fsp3) is 0.667. The van der Waals surface area contributed by atoms with E-state index in [0.717, 1.165) is 13.1 Å². The van der Waals surface area contributed by atoms with Gasteiger partial charge in [-0.05, 0) is 62.4 Å². The predicted molar refractivity (Wildman–Crippen MR) is 76.1 cm³/mol. The summed E-state index contributed by atoms with van der Waals surface area (Å²) in [4.78, 5) is 3.85. The highest BCUT2D eigenvalue weighted by molar-refractivity contribution is 9.10. The summed E-state index contributed by atoms with van der Waals surface area (Å²) in [6, 6.07) is 2.86. The van der Waals surface area contributed by atoms with Gasteiger partial charge in [0.05, 0.1) is 0 Å². The van der Waals surface area contributed by atoms with Crippen molar-refractivity contribution in [3.8, 4) is 0 Å². The van der Waals surface area contributed by atoms with Crippen LogP contribution in [0, 0.1) is 0 Å². The van der Waals surface area contributed by atoms with Crippen LogP contribution in [0.5, 0.6) is 0 Å². The molecular weight excluding hydrogens is 284 g/mol. The third-order valence-electron chi connectivity index (χ3n) is 2.83. The summed E-state index contributed by atoms with van der Waals surface area (Å²) >= 11 is 5.32. The summed E-state index contributed by atoms with van der Waals surface area (Å²) in [7, 11) is 4.22. The lowest BCUT2D eigenvalue weighted by molar-refractivity contribution is 0.236. The number of rotatable bonds is 7. The molecule has 4 heteroatoms. The molecule has 1 N–H and O–H groups in total. The molecule has 1 aromatic heterocycles. The van der Waals surface area contributed by atoms with Gasteiger partial charge >= 0.3 is 0 Å². The van der Waals surface area contributed by atoms with E-state index in [1.54, 1.807) is 0 Å². The lowest BCUT2D eigenvalue weighted by Gasteiger charge is -2.24. The van der Waals surface area contributed by atoms with Crippen molar-refractivity contribution < 1.29 is 0 Å². The van der Waals surface area contributed by atoms with Crippen LogP contribution in [-0.4, -0.2) is 31.6 Å². The van der Waals surface area contributed by atoms with Crippen LogP contribution in [0.2, 0.25) is 0 Å². The highest BCUT2D eigenvalue weighted by Crippen LogP contribution is 2.21. The van der Waals surface area contributed by atoms with Crippen LogP contribution in [0.4, 0.5) is 0 Å². The van der Waals surface area contributed by atoms with Crippen molar-refractivity contribution in [3.05, 3.63) is 20.8 Å². The SMILES string of the molecule is CNCCCC(C)N(C)Cc1cc(Br)cs1. The second-order valence-electron chi connectivity index (χ2n) is 4.24. The van der Waals surface area contributed by atoms with E-state index in [9.17, 15) is 0 Å². The first-order valence-electron chi connectivity index (χ1n) is 5.71. The van der Waals surface area contributed by atoms with Gasteiger partial charge in [-0.15, -0.1) is 11.3 Å². The van der Waals surface area contributed by atoms with Crippen LogP contribution in [0.1, 0.15) is 24.6 Å². The van der Waals surface area contributed by atoms with E-state index in [1.807, 2.05) is 18.4 Å². The summed E-state index contributed by atoms with van der Waals surface area (Å²) in [6.07, 6.45) is 2.50. The second-order valence-corrected chi connectivity index (χ2v) is 6.15. The van der Waals surface area contributed by atoms with E-state index in [2.05, 4.69) is 51.6 Å². The molecule has 0 spiro atoms. The smallest absolute Gasteiger partial charge is 0.0328 e. The summed E-state index contributed by atoms with van der Waals surface area (Å²) in [5.41, 5.74) is 0. The van der Waals surface area contributed by atoms with E-state index in [-0.39, 0.29) is 0 Å². The maximum atomic E-state index is 3.49. The minimum absolute atomic E-state index is 0.647. The fourth-order valence-electron chi connectivity index (χ4n) is 1.63. The number of nitrogens with zero attached hydrogens (tertiary/aromatic N) is 1. The Bertz CT molecular complexity index is 301. The Labute approximate surface area is 111 Å². The Hall–Kier alpha value is 0.1000. The Morgan fingerprint density at radius 1 is 1.56 bits per heavy atom. The molecule has 0 aliphatic heterocycles. The Morgan fingerprint density at radius 2 is 2.31 bits per heavy atom. The van der Waals surface area contributed by atoms with E-state index in [1.165, 1.54) is 22.2 Å². The van der Waals surface area contributed by atoms with Crippen molar-refractivity contribution in [1.82, 2.24) is 10.2 Å². The summed E-state index contributed by atoms with van der Waals surface area (Å²) in [6.45, 7) is 4.47. The summed E-state index contributed by atoms with van der Waals surface area (Å²) in [5, 5.41) is 5.34. The molecular formula is C12H21BrN2S. The number of hydrogen-bond donors (Lipinski definition) is 1. The molecule has 16 heavy (non-hydrogen) atoms. The highest BCUT2D eigenvalue weighted by Gasteiger charge is 2.10. The molecule has 92 valence electrons. The molecule has 2 nitrogen and oxygen atoms in total. The van der Waals surface area contributed by atoms with Gasteiger partial charge in [0.15, 0.2) is 0 Å². The van der Waals surface area contributed by atoms with Crippen LogP contribution in [0.15, 0.2) is 15.9 Å². The second kappa shape index (κ2) is 7.43. The number of nitrogens with one attached hydrogen (secondary N) is 1. The summed E-state index contributed by atoms with van der Waals surface area (Å²) in [5.74, 6) is 0. The standard InChI is InChI=1S/C12H21BrN2S/c1-10(5-4-6-14-2)15(3)8-12-7-11(13)9-16-12/h7,9-10,14H,4-6,8H2,1-3H3. The molecule has 1 rings (SSSR count). The Balaban J connectivity index is 2.30. The molecule has 0 amide bonds. The van der Waals surface area contributed by atoms with Gasteiger partial charge in [-0.1, -0.05) is 0 Å². The molecule has 1 unspecified atom stereocenters. The third-order valence-corrected chi connectivity index (χ3v) is 4.51. The van der Waals surface area contributed by atoms with E-state index in [0.29, 0.717) is 6.04 Å². The van der Waals surface area contributed by atoms with Crippen molar-refractivity contribution in [3.63, 3.8) is 0 Å². The zero-order chi connectivity index (χ0) is 12.0. The average Bonchev–Trinajstić information content (AvgIpc) is 2.64.